The van der Waals surface area contributed by atoms with Gasteiger partial charge in [0.05, 0.1) is 6.61 Å². The van der Waals surface area contributed by atoms with Crippen LogP contribution in [0.1, 0.15) is 25.5 Å². The third-order valence-electron chi connectivity index (χ3n) is 2.45. The average Bonchev–Trinajstić information content (AvgIpc) is 2.36. The summed E-state index contributed by atoms with van der Waals surface area (Å²) in [5.74, 6) is 0.331. The molecule has 1 atom stereocenters. The molecule has 0 heterocycles. The van der Waals surface area contributed by atoms with Crippen LogP contribution in [0.4, 0.5) is 0 Å². The van der Waals surface area contributed by atoms with Crippen LogP contribution in [0.3, 0.4) is 0 Å². The molecule has 0 aromatic heterocycles. The lowest BCUT2D eigenvalue weighted by atomic mass is 10.1. The van der Waals surface area contributed by atoms with Crippen LogP contribution in [0, 0.1) is 0 Å². The molecule has 0 saturated heterocycles. The van der Waals surface area contributed by atoms with E-state index in [1.807, 2.05) is 31.3 Å². The van der Waals surface area contributed by atoms with Gasteiger partial charge in [0.15, 0.2) is 6.61 Å². The van der Waals surface area contributed by atoms with Gasteiger partial charge in [-0.2, -0.15) is 0 Å². The zero-order valence-electron chi connectivity index (χ0n) is 10.5. The molecule has 0 amide bonds. The molecule has 1 aromatic rings. The lowest BCUT2D eigenvalue weighted by Gasteiger charge is -2.12. The monoisotopic (exact) mass is 237 g/mol. The minimum Gasteiger partial charge on any atom is -0.482 e. The second-order valence-corrected chi connectivity index (χ2v) is 3.68. The Morgan fingerprint density at radius 1 is 1.47 bits per heavy atom. The van der Waals surface area contributed by atoms with Gasteiger partial charge in [-0.05, 0) is 38.6 Å². The fourth-order valence-electron chi connectivity index (χ4n) is 1.39. The normalized spacial score (nSPS) is 11.9. The van der Waals surface area contributed by atoms with Crippen molar-refractivity contribution in [2.45, 2.75) is 19.9 Å². The summed E-state index contributed by atoms with van der Waals surface area (Å²) in [6.07, 6.45) is 0. The van der Waals surface area contributed by atoms with E-state index >= 15 is 0 Å². The molecule has 0 saturated carbocycles. The maximum absolute atomic E-state index is 11.1. The molecule has 0 fully saturated rings. The van der Waals surface area contributed by atoms with Crippen molar-refractivity contribution in [3.05, 3.63) is 29.8 Å². The first-order valence-electron chi connectivity index (χ1n) is 5.73. The van der Waals surface area contributed by atoms with Crippen LogP contribution < -0.4 is 10.1 Å². The van der Waals surface area contributed by atoms with Gasteiger partial charge in [-0.1, -0.05) is 12.1 Å². The van der Waals surface area contributed by atoms with Gasteiger partial charge in [-0.3, -0.25) is 0 Å². The molecule has 0 aliphatic heterocycles. The van der Waals surface area contributed by atoms with Crippen molar-refractivity contribution in [2.75, 3.05) is 20.3 Å². The van der Waals surface area contributed by atoms with Gasteiger partial charge >= 0.3 is 5.97 Å². The standard InChI is InChI=1S/C13H19NO3/c1-4-16-13(15)9-17-12-7-5-6-11(8-12)10(2)14-3/h5-8,10,14H,4,9H2,1-3H3. The number of hydrogen-bond donors (Lipinski definition) is 1. The highest BCUT2D eigenvalue weighted by Gasteiger charge is 2.06. The molecule has 17 heavy (non-hydrogen) atoms. The van der Waals surface area contributed by atoms with Crippen LogP contribution in [-0.2, 0) is 9.53 Å². The number of benzene rings is 1. The second kappa shape index (κ2) is 6.91. The Morgan fingerprint density at radius 3 is 2.88 bits per heavy atom. The first-order valence-corrected chi connectivity index (χ1v) is 5.73. The molecule has 0 bridgehead atoms. The minimum atomic E-state index is -0.348. The van der Waals surface area contributed by atoms with Gasteiger partial charge in [0.1, 0.15) is 5.75 Å². The molecule has 1 rings (SSSR count). The van der Waals surface area contributed by atoms with Crippen molar-refractivity contribution in [1.82, 2.24) is 5.32 Å². The predicted molar refractivity (Wildman–Crippen MR) is 66.0 cm³/mol. The fourth-order valence-corrected chi connectivity index (χ4v) is 1.39. The van der Waals surface area contributed by atoms with Gasteiger partial charge < -0.3 is 14.8 Å². The maximum Gasteiger partial charge on any atom is 0.344 e. The molecular formula is C13H19NO3. The summed E-state index contributed by atoms with van der Waals surface area (Å²) < 4.78 is 10.1. The number of esters is 1. The third-order valence-corrected chi connectivity index (χ3v) is 2.45. The Labute approximate surface area is 102 Å². The largest absolute Gasteiger partial charge is 0.482 e. The fraction of sp³-hybridized carbons (Fsp3) is 0.462. The Bertz CT molecular complexity index is 365. The van der Waals surface area contributed by atoms with Crippen molar-refractivity contribution in [1.29, 1.82) is 0 Å². The summed E-state index contributed by atoms with van der Waals surface area (Å²) in [7, 11) is 1.90. The maximum atomic E-state index is 11.1. The van der Waals surface area contributed by atoms with Gasteiger partial charge in [0.2, 0.25) is 0 Å². The van der Waals surface area contributed by atoms with E-state index in [0.717, 1.165) is 5.56 Å². The van der Waals surface area contributed by atoms with Crippen LogP contribution in [0.15, 0.2) is 24.3 Å². The lowest BCUT2D eigenvalue weighted by molar-refractivity contribution is -0.145. The summed E-state index contributed by atoms with van der Waals surface area (Å²) >= 11 is 0. The van der Waals surface area contributed by atoms with Gasteiger partial charge in [-0.25, -0.2) is 4.79 Å². The third kappa shape index (κ3) is 4.44. The second-order valence-electron chi connectivity index (χ2n) is 3.68. The van der Waals surface area contributed by atoms with Crippen LogP contribution >= 0.6 is 0 Å². The molecule has 1 N–H and O–H groups in total. The molecule has 4 nitrogen and oxygen atoms in total. The highest BCUT2D eigenvalue weighted by molar-refractivity contribution is 5.71. The minimum absolute atomic E-state index is 0.0504. The van der Waals surface area contributed by atoms with Crippen molar-refractivity contribution in [2.24, 2.45) is 0 Å². The summed E-state index contributed by atoms with van der Waals surface area (Å²) in [6, 6.07) is 7.91. The van der Waals surface area contributed by atoms with Crippen molar-refractivity contribution in [3.8, 4) is 5.75 Å². The Morgan fingerprint density at radius 2 is 2.24 bits per heavy atom. The van der Waals surface area contributed by atoms with Gasteiger partial charge in [0, 0.05) is 6.04 Å². The topological polar surface area (TPSA) is 47.6 Å². The summed E-state index contributed by atoms with van der Waals surface area (Å²) in [5, 5.41) is 3.15. The molecule has 0 aliphatic carbocycles. The first kappa shape index (κ1) is 13.5. The van der Waals surface area contributed by atoms with Crippen molar-refractivity contribution >= 4 is 5.97 Å². The van der Waals surface area contributed by atoms with E-state index < -0.39 is 0 Å². The number of nitrogens with one attached hydrogen (secondary N) is 1. The lowest BCUT2D eigenvalue weighted by Crippen LogP contribution is -2.15. The molecule has 0 radical (unpaired) electrons. The predicted octanol–water partition coefficient (Wildman–Crippen LogP) is 1.91. The summed E-state index contributed by atoms with van der Waals surface area (Å²) in [6.45, 7) is 4.15. The number of carbonyl (C=O) groups is 1. The molecule has 0 spiro atoms. The van der Waals surface area contributed by atoms with Crippen LogP contribution in [0.5, 0.6) is 5.75 Å². The quantitative estimate of drug-likeness (QED) is 0.768. The van der Waals surface area contributed by atoms with E-state index in [0.29, 0.717) is 12.4 Å². The highest BCUT2D eigenvalue weighted by Crippen LogP contribution is 2.18. The highest BCUT2D eigenvalue weighted by atomic mass is 16.6. The molecule has 1 aromatic carbocycles. The molecular weight excluding hydrogens is 218 g/mol. The zero-order valence-corrected chi connectivity index (χ0v) is 10.5. The summed E-state index contributed by atoms with van der Waals surface area (Å²) in [4.78, 5) is 11.1. The number of hydrogen-bond acceptors (Lipinski definition) is 4. The number of carbonyl (C=O) groups excluding carboxylic acids is 1. The summed E-state index contributed by atoms with van der Waals surface area (Å²) in [5.41, 5.74) is 1.12. The van der Waals surface area contributed by atoms with Crippen molar-refractivity contribution < 1.29 is 14.3 Å². The van der Waals surface area contributed by atoms with Crippen LogP contribution in [-0.4, -0.2) is 26.2 Å². The van der Waals surface area contributed by atoms with Gasteiger partial charge in [0.25, 0.3) is 0 Å². The Kier molecular flexibility index (Phi) is 5.49. The average molecular weight is 237 g/mol. The van der Waals surface area contributed by atoms with Gasteiger partial charge in [-0.15, -0.1) is 0 Å². The van der Waals surface area contributed by atoms with E-state index in [2.05, 4.69) is 12.2 Å². The zero-order chi connectivity index (χ0) is 12.7. The van der Waals surface area contributed by atoms with E-state index in [4.69, 9.17) is 9.47 Å². The van der Waals surface area contributed by atoms with E-state index in [9.17, 15) is 4.79 Å². The number of rotatable bonds is 6. The van der Waals surface area contributed by atoms with Crippen LogP contribution in [0.25, 0.3) is 0 Å². The van der Waals surface area contributed by atoms with Crippen LogP contribution in [0.2, 0.25) is 0 Å². The molecule has 4 heteroatoms. The Hall–Kier alpha value is -1.55. The Balaban J connectivity index is 2.57. The smallest absolute Gasteiger partial charge is 0.344 e. The van der Waals surface area contributed by atoms with E-state index in [1.54, 1.807) is 6.92 Å². The molecule has 1 unspecified atom stereocenters. The molecule has 94 valence electrons. The SMILES string of the molecule is CCOC(=O)COc1cccc(C(C)NC)c1. The molecule has 0 aliphatic rings. The first-order chi connectivity index (χ1) is 8.17. The van der Waals surface area contributed by atoms with E-state index in [-0.39, 0.29) is 18.6 Å². The van der Waals surface area contributed by atoms with Crippen molar-refractivity contribution in [3.63, 3.8) is 0 Å². The van der Waals surface area contributed by atoms with E-state index in [1.165, 1.54) is 0 Å². The number of ether oxygens (including phenoxy) is 2.